The van der Waals surface area contributed by atoms with E-state index in [2.05, 4.69) is 73.1 Å². The van der Waals surface area contributed by atoms with Crippen molar-refractivity contribution in [1.82, 2.24) is 77.8 Å². The third-order valence-corrected chi connectivity index (χ3v) is 20.5. The van der Waals surface area contributed by atoms with Crippen molar-refractivity contribution in [2.45, 2.75) is 235 Å². The Balaban J connectivity index is 0.970. The van der Waals surface area contributed by atoms with Crippen LogP contribution in [-0.4, -0.2) is 254 Å². The van der Waals surface area contributed by atoms with Gasteiger partial charge in [-0.25, -0.2) is 9.78 Å². The summed E-state index contributed by atoms with van der Waals surface area (Å²) < 4.78 is 5.87. The molecule has 1 aromatic heterocycles. The molecule has 116 heavy (non-hydrogen) atoms. The lowest BCUT2D eigenvalue weighted by molar-refractivity contribution is -0.145. The number of nitrogens with one attached hydrogen (secondary N) is 11. The Hall–Kier alpha value is -11.5. The molecule has 0 spiro atoms. The third kappa shape index (κ3) is 28.8. The molecule has 0 aliphatic carbocycles. The Morgan fingerprint density at radius 3 is 1.60 bits per heavy atom. The summed E-state index contributed by atoms with van der Waals surface area (Å²) in [7, 11) is 0. The van der Waals surface area contributed by atoms with Crippen molar-refractivity contribution in [3.8, 4) is 5.75 Å². The first-order valence-corrected chi connectivity index (χ1v) is 39.9. The normalized spacial score (nSPS) is 18.4. The summed E-state index contributed by atoms with van der Waals surface area (Å²) in [5.74, 6) is -10.9. The number of carboxylic acids is 1. The summed E-state index contributed by atoms with van der Waals surface area (Å²) in [6.45, 7) is 4.77. The van der Waals surface area contributed by atoms with Crippen LogP contribution >= 0.6 is 0 Å². The van der Waals surface area contributed by atoms with Gasteiger partial charge in [0, 0.05) is 63.9 Å². The third-order valence-electron chi connectivity index (χ3n) is 20.5. The Morgan fingerprint density at radius 1 is 0.560 bits per heavy atom. The molecule has 7 rings (SSSR count). The van der Waals surface area contributed by atoms with Crippen LogP contribution < -0.4 is 86.6 Å². The number of carbonyl (C=O) groups is 14. The van der Waals surface area contributed by atoms with Crippen LogP contribution in [0.15, 0.2) is 77.1 Å². The smallest absolute Gasteiger partial charge is 0.326 e. The fourth-order valence-corrected chi connectivity index (χ4v) is 14.3. The fourth-order valence-electron chi connectivity index (χ4n) is 14.3. The minimum Gasteiger partial charge on any atom is -0.489 e. The number of benzene rings is 2. The minimum absolute atomic E-state index is 0.0110. The molecule has 4 saturated heterocycles. The zero-order valence-electron chi connectivity index (χ0n) is 66.2. The van der Waals surface area contributed by atoms with Crippen LogP contribution in [0.5, 0.6) is 5.75 Å². The molecule has 13 amide bonds. The average molecular weight is 1620 g/mol. The van der Waals surface area contributed by atoms with Crippen molar-refractivity contribution < 1.29 is 82.1 Å². The summed E-state index contributed by atoms with van der Waals surface area (Å²) in [6.07, 6.45) is 6.77. The van der Waals surface area contributed by atoms with Crippen LogP contribution in [-0.2, 0) is 86.6 Å². The molecule has 4 fully saturated rings. The standard InChI is InChI=1S/C77H116N22O17/c1-4-5-18-53(73(112)99-36-15-24-61(99)72(111)95-57(75(114)115)38-46-25-27-49(28-26-46)116-43-47-16-7-6-8-17-47)92-70(109)59-22-13-34-97(59)63(102)41-86-64(103)50(19-9-10-31-78)89-68(107)56(39-48-40-83-44-87-48)94-69(108)58(42-100)96-67(106)55(37-45(2)3)93-65(104)51(20-11-32-84-76(79)80)90-71(110)60-23-14-35-98(60)74(113)54(21-12-33-85-77(81)82)91-66(105)52-29-30-62(101)88-52/h6-8,16-17,25-28,40,44-45,50-61,100H,4-5,9-15,18-24,29-39,41-43,78H2,1-3H3,(H,83,87)(H,86,103)(H,88,101)(H,89,107)(H,90,110)(H,91,105)(H,92,109)(H,93,104)(H,94,108)(H,95,111)(H,96,106)(H,114,115)(H4,79,80,84)(H4,81,82,85)/t50-,51-,52-,53-,54-,55-,56-,57+,58-,59-,60-,61-/m0/s1. The van der Waals surface area contributed by atoms with Crippen molar-refractivity contribution in [3.63, 3.8) is 0 Å². The number of likely N-dealkylation sites (tertiary alicyclic amines) is 3. The number of hydrogen-bond donors (Lipinski definition) is 18. The highest BCUT2D eigenvalue weighted by atomic mass is 16.5. The summed E-state index contributed by atoms with van der Waals surface area (Å²) >= 11 is 0. The highest BCUT2D eigenvalue weighted by Gasteiger charge is 2.44. The number of carboxylic acid groups (broad SMARTS) is 1. The quantitative estimate of drug-likeness (QED) is 0.0149. The Morgan fingerprint density at radius 2 is 1.06 bits per heavy atom. The minimum atomic E-state index is -1.78. The van der Waals surface area contributed by atoms with E-state index in [-0.39, 0.29) is 153 Å². The molecule has 0 radical (unpaired) electrons. The van der Waals surface area contributed by atoms with Crippen LogP contribution in [0.25, 0.3) is 0 Å². The molecule has 0 bridgehead atoms. The number of nitrogens with two attached hydrogens (primary N) is 5. The van der Waals surface area contributed by atoms with Gasteiger partial charge < -0.3 is 116 Å². The zero-order chi connectivity index (χ0) is 84.4. The van der Waals surface area contributed by atoms with E-state index in [4.69, 9.17) is 33.4 Å². The lowest BCUT2D eigenvalue weighted by atomic mass is 10.0. The Bertz CT molecular complexity index is 3880. The maximum Gasteiger partial charge on any atom is 0.326 e. The highest BCUT2D eigenvalue weighted by molar-refractivity contribution is 6.00. The second-order valence-corrected chi connectivity index (χ2v) is 29.9. The number of carbonyl (C=O) groups excluding carboxylic acids is 13. The van der Waals surface area contributed by atoms with E-state index in [9.17, 15) is 77.3 Å². The van der Waals surface area contributed by atoms with E-state index in [1.165, 1.54) is 27.2 Å². The number of aliphatic hydroxyl groups excluding tert-OH is 1. The number of nitrogens with zero attached hydrogens (tertiary/aromatic N) is 6. The summed E-state index contributed by atoms with van der Waals surface area (Å²) in [5.41, 5.74) is 29.9. The monoisotopic (exact) mass is 1620 g/mol. The molecule has 0 unspecified atom stereocenters. The first-order chi connectivity index (χ1) is 55.6. The van der Waals surface area contributed by atoms with Crippen molar-refractivity contribution in [1.29, 1.82) is 0 Å². The van der Waals surface area contributed by atoms with Crippen LogP contribution in [0.1, 0.15) is 160 Å². The van der Waals surface area contributed by atoms with Crippen LogP contribution in [0, 0.1) is 5.92 Å². The highest BCUT2D eigenvalue weighted by Crippen LogP contribution is 2.25. The van der Waals surface area contributed by atoms with Gasteiger partial charge in [-0.05, 0) is 138 Å². The van der Waals surface area contributed by atoms with E-state index in [1.54, 1.807) is 38.1 Å². The lowest BCUT2D eigenvalue weighted by Gasteiger charge is -2.31. The van der Waals surface area contributed by atoms with E-state index in [0.717, 1.165) is 5.56 Å². The largest absolute Gasteiger partial charge is 0.489 e. The SMILES string of the molecule is CCCC[C@H](NC(=O)[C@@H]1CCCN1C(=O)CNC(=O)[C@H](CCCCN)NC(=O)[C@H](Cc1cnc[nH]1)NC(=O)[C@H](CO)NC(=O)[C@H](CC(C)C)NC(=O)[C@H](CCCN=C(N)N)NC(=O)[C@@H]1CCCN1C(=O)[C@H](CCCN=C(N)N)NC(=O)[C@@H]1CCC(=O)N1)C(=O)N1CCC[C@H]1C(=O)N[C@H](Cc1ccc(OCc2ccccc2)cc1)C(=O)O. The average Bonchev–Trinajstić information content (AvgIpc) is 1.79. The summed E-state index contributed by atoms with van der Waals surface area (Å²) in [4.78, 5) is 215. The van der Waals surface area contributed by atoms with Crippen molar-refractivity contribution in [2.24, 2.45) is 44.6 Å². The van der Waals surface area contributed by atoms with Crippen molar-refractivity contribution in [2.75, 3.05) is 52.4 Å². The number of aliphatic carboxylic acids is 1. The Kier molecular flexibility index (Phi) is 36.9. The number of aromatic amines is 1. The number of ether oxygens (including phenoxy) is 1. The maximum atomic E-state index is 14.6. The van der Waals surface area contributed by atoms with Gasteiger partial charge in [0.05, 0.1) is 19.5 Å². The summed E-state index contributed by atoms with van der Waals surface area (Å²) in [5, 5.41) is 47.5. The van der Waals surface area contributed by atoms with E-state index in [0.29, 0.717) is 68.6 Å². The molecule has 12 atom stereocenters. The number of unbranched alkanes of at least 4 members (excludes halogenated alkanes) is 2. The van der Waals surface area contributed by atoms with E-state index in [1.807, 2.05) is 37.3 Å². The number of hydrogen-bond acceptors (Lipinski definition) is 20. The number of H-pyrrole nitrogens is 1. The van der Waals surface area contributed by atoms with Crippen LogP contribution in [0.4, 0.5) is 0 Å². The first-order valence-electron chi connectivity index (χ1n) is 39.9. The first kappa shape index (κ1) is 91.7. The fraction of sp³-hybridized carbons (Fsp3) is 0.597. The molecule has 39 nitrogen and oxygen atoms in total. The van der Waals surface area contributed by atoms with Gasteiger partial charge in [0.25, 0.3) is 0 Å². The molecule has 39 heteroatoms. The Labute approximate surface area is 673 Å². The van der Waals surface area contributed by atoms with Crippen LogP contribution in [0.2, 0.25) is 0 Å². The molecule has 5 heterocycles. The summed E-state index contributed by atoms with van der Waals surface area (Å²) in [6, 6.07) is 1.19. The predicted molar refractivity (Wildman–Crippen MR) is 423 cm³/mol. The van der Waals surface area contributed by atoms with Gasteiger partial charge >= 0.3 is 5.97 Å². The number of aliphatic hydroxyl groups is 1. The zero-order valence-corrected chi connectivity index (χ0v) is 66.2. The van der Waals surface area contributed by atoms with Gasteiger partial charge in [-0.15, -0.1) is 0 Å². The molecule has 3 aromatic rings. The molecular weight excluding hydrogens is 1500 g/mol. The van der Waals surface area contributed by atoms with Gasteiger partial charge in [0.15, 0.2) is 11.9 Å². The molecule has 23 N–H and O–H groups in total. The van der Waals surface area contributed by atoms with Gasteiger partial charge in [-0.3, -0.25) is 72.3 Å². The van der Waals surface area contributed by atoms with Crippen molar-refractivity contribution >= 4 is 94.7 Å². The molecule has 0 saturated carbocycles. The van der Waals surface area contributed by atoms with Gasteiger partial charge in [0.1, 0.15) is 84.9 Å². The molecule has 4 aliphatic heterocycles. The topological polar surface area (TPSA) is 602 Å². The molecule has 2 aromatic carbocycles. The second-order valence-electron chi connectivity index (χ2n) is 29.9. The second kappa shape index (κ2) is 46.7. The van der Waals surface area contributed by atoms with E-state index < -0.39 is 163 Å². The van der Waals surface area contributed by atoms with Crippen molar-refractivity contribution in [3.05, 3.63) is 83.9 Å². The number of guanidine groups is 2. The lowest BCUT2D eigenvalue weighted by Crippen LogP contribution is -2.61. The number of aliphatic imine (C=N–C) groups is 2. The van der Waals surface area contributed by atoms with Gasteiger partial charge in [-0.2, -0.15) is 0 Å². The number of imidazole rings is 1. The maximum absolute atomic E-state index is 14.6. The van der Waals surface area contributed by atoms with Gasteiger partial charge in [-0.1, -0.05) is 76.1 Å². The predicted octanol–water partition coefficient (Wildman–Crippen LogP) is -3.43. The number of rotatable bonds is 47. The van der Waals surface area contributed by atoms with Crippen LogP contribution in [0.3, 0.4) is 0 Å². The molecular formula is C77H116N22O17. The molecule has 636 valence electrons. The number of amides is 13. The number of aromatic nitrogens is 2. The van der Waals surface area contributed by atoms with E-state index >= 15 is 0 Å². The molecule has 4 aliphatic rings. The van der Waals surface area contributed by atoms with Gasteiger partial charge in [0.2, 0.25) is 76.8 Å².